The molecule has 6 heteroatoms. The summed E-state index contributed by atoms with van der Waals surface area (Å²) in [5, 5.41) is 8.51. The minimum Gasteiger partial charge on any atom is -0.481 e. The molecule has 0 unspecified atom stereocenters. The molecule has 5 nitrogen and oxygen atoms in total. The van der Waals surface area contributed by atoms with E-state index in [1.54, 1.807) is 0 Å². The third kappa shape index (κ3) is 4.85. The first-order valence-corrected chi connectivity index (χ1v) is 7.22. The molecule has 0 fully saturated rings. The maximum absolute atomic E-state index is 11.8. The van der Waals surface area contributed by atoms with Crippen LogP contribution in [0.3, 0.4) is 0 Å². The molecular formula is C12H17NO4S. The summed E-state index contributed by atoms with van der Waals surface area (Å²) in [7, 11) is -1.98. The molecule has 0 aliphatic rings. The molecule has 0 heterocycles. The van der Waals surface area contributed by atoms with Crippen molar-refractivity contribution in [3.8, 4) is 0 Å². The van der Waals surface area contributed by atoms with E-state index in [9.17, 15) is 13.2 Å². The summed E-state index contributed by atoms with van der Waals surface area (Å²) in [6.45, 7) is 0.00641. The Morgan fingerprint density at radius 1 is 1.28 bits per heavy atom. The van der Waals surface area contributed by atoms with E-state index < -0.39 is 16.0 Å². The molecule has 0 spiro atoms. The summed E-state index contributed by atoms with van der Waals surface area (Å²) in [6, 6.07) is 9.32. The summed E-state index contributed by atoms with van der Waals surface area (Å²) in [5.41, 5.74) is 0.952. The Kier molecular flexibility index (Phi) is 5.30. The Morgan fingerprint density at radius 3 is 2.44 bits per heavy atom. The van der Waals surface area contributed by atoms with E-state index in [-0.39, 0.29) is 18.7 Å². The van der Waals surface area contributed by atoms with Gasteiger partial charge >= 0.3 is 5.97 Å². The highest BCUT2D eigenvalue weighted by molar-refractivity contribution is 7.89. The van der Waals surface area contributed by atoms with Gasteiger partial charge in [-0.3, -0.25) is 4.79 Å². The number of carboxylic acid groups (broad SMARTS) is 1. The van der Waals surface area contributed by atoms with Crippen LogP contribution in [0.5, 0.6) is 0 Å². The normalized spacial score (nSPS) is 11.7. The van der Waals surface area contributed by atoms with Crippen LogP contribution in [0.25, 0.3) is 0 Å². The lowest BCUT2D eigenvalue weighted by Gasteiger charge is -2.15. The van der Waals surface area contributed by atoms with E-state index in [0.29, 0.717) is 6.42 Å². The van der Waals surface area contributed by atoms with E-state index in [2.05, 4.69) is 0 Å². The third-order valence-electron chi connectivity index (χ3n) is 2.61. The number of sulfonamides is 1. The van der Waals surface area contributed by atoms with E-state index >= 15 is 0 Å². The lowest BCUT2D eigenvalue weighted by Crippen LogP contribution is -2.31. The largest absolute Gasteiger partial charge is 0.481 e. The maximum atomic E-state index is 11.8. The monoisotopic (exact) mass is 271 g/mol. The van der Waals surface area contributed by atoms with Gasteiger partial charge in [0.05, 0.1) is 12.2 Å². The molecule has 1 rings (SSSR count). The Hall–Kier alpha value is -1.40. The molecule has 0 aliphatic carbocycles. The first-order chi connectivity index (χ1) is 8.42. The molecule has 0 saturated carbocycles. The molecule has 0 aromatic heterocycles. The zero-order chi connectivity index (χ0) is 13.6. The topological polar surface area (TPSA) is 74.7 Å². The van der Waals surface area contributed by atoms with Crippen LogP contribution < -0.4 is 0 Å². The van der Waals surface area contributed by atoms with Crippen LogP contribution in [0.1, 0.15) is 12.0 Å². The number of rotatable bonds is 7. The average molecular weight is 271 g/mol. The van der Waals surface area contributed by atoms with Crippen molar-refractivity contribution in [1.82, 2.24) is 4.31 Å². The van der Waals surface area contributed by atoms with Gasteiger partial charge in [-0.05, 0) is 12.0 Å². The minimum absolute atomic E-state index is 0.00641. The highest BCUT2D eigenvalue weighted by atomic mass is 32.2. The Labute approximate surface area is 107 Å². The molecule has 0 saturated heterocycles. The van der Waals surface area contributed by atoms with Gasteiger partial charge in [-0.15, -0.1) is 0 Å². The summed E-state index contributed by atoms with van der Waals surface area (Å²) in [6.07, 6.45) is 0.252. The zero-order valence-corrected chi connectivity index (χ0v) is 11.1. The van der Waals surface area contributed by atoms with E-state index in [4.69, 9.17) is 5.11 Å². The van der Waals surface area contributed by atoms with Gasteiger partial charge in [0.25, 0.3) is 0 Å². The fraction of sp³-hybridized carbons (Fsp3) is 0.417. The van der Waals surface area contributed by atoms with Crippen molar-refractivity contribution in [2.75, 3.05) is 19.3 Å². The fourth-order valence-corrected chi connectivity index (χ4v) is 2.61. The quantitative estimate of drug-likeness (QED) is 0.801. The summed E-state index contributed by atoms with van der Waals surface area (Å²) in [4.78, 5) is 10.4. The number of hydrogen-bond acceptors (Lipinski definition) is 3. The molecule has 0 bridgehead atoms. The first kappa shape index (κ1) is 14.7. The molecule has 100 valence electrons. The van der Waals surface area contributed by atoms with Crippen LogP contribution in [-0.4, -0.2) is 43.1 Å². The van der Waals surface area contributed by atoms with Gasteiger partial charge in [-0.25, -0.2) is 12.7 Å². The number of carboxylic acids is 1. The molecule has 0 radical (unpaired) electrons. The molecule has 1 aromatic carbocycles. The van der Waals surface area contributed by atoms with Crippen molar-refractivity contribution in [3.05, 3.63) is 35.9 Å². The lowest BCUT2D eigenvalue weighted by molar-refractivity contribution is -0.137. The van der Waals surface area contributed by atoms with Crippen molar-refractivity contribution in [2.45, 2.75) is 12.8 Å². The Bertz CT molecular complexity index is 484. The van der Waals surface area contributed by atoms with Gasteiger partial charge in [0.1, 0.15) is 0 Å². The molecule has 1 aromatic rings. The summed E-state index contributed by atoms with van der Waals surface area (Å²) < 4.78 is 24.8. The van der Waals surface area contributed by atoms with E-state index in [0.717, 1.165) is 9.87 Å². The molecule has 0 amide bonds. The number of carbonyl (C=O) groups is 1. The third-order valence-corrected chi connectivity index (χ3v) is 4.46. The zero-order valence-electron chi connectivity index (χ0n) is 10.2. The van der Waals surface area contributed by atoms with E-state index in [1.165, 1.54) is 7.05 Å². The van der Waals surface area contributed by atoms with Gasteiger partial charge in [-0.1, -0.05) is 30.3 Å². The van der Waals surface area contributed by atoms with Crippen LogP contribution in [-0.2, 0) is 21.2 Å². The second-order valence-corrected chi connectivity index (χ2v) is 6.21. The highest BCUT2D eigenvalue weighted by Crippen LogP contribution is 2.05. The van der Waals surface area contributed by atoms with Crippen LogP contribution >= 0.6 is 0 Å². The molecule has 18 heavy (non-hydrogen) atoms. The second-order valence-electron chi connectivity index (χ2n) is 4.02. The van der Waals surface area contributed by atoms with Crippen LogP contribution in [0.4, 0.5) is 0 Å². The van der Waals surface area contributed by atoms with Gasteiger partial charge in [0, 0.05) is 13.6 Å². The second kappa shape index (κ2) is 6.51. The maximum Gasteiger partial charge on any atom is 0.304 e. The van der Waals surface area contributed by atoms with Crippen LogP contribution in [0, 0.1) is 0 Å². The van der Waals surface area contributed by atoms with Crippen molar-refractivity contribution in [1.29, 1.82) is 0 Å². The molecular weight excluding hydrogens is 254 g/mol. The molecule has 0 aliphatic heterocycles. The fourth-order valence-electron chi connectivity index (χ4n) is 1.44. The minimum atomic E-state index is -3.38. The molecule has 0 atom stereocenters. The highest BCUT2D eigenvalue weighted by Gasteiger charge is 2.18. The van der Waals surface area contributed by atoms with Gasteiger partial charge < -0.3 is 5.11 Å². The van der Waals surface area contributed by atoms with Gasteiger partial charge in [0.2, 0.25) is 10.0 Å². The van der Waals surface area contributed by atoms with Crippen LogP contribution in [0.2, 0.25) is 0 Å². The number of aliphatic carboxylic acids is 1. The van der Waals surface area contributed by atoms with Crippen molar-refractivity contribution in [2.24, 2.45) is 0 Å². The van der Waals surface area contributed by atoms with Crippen molar-refractivity contribution < 1.29 is 18.3 Å². The Morgan fingerprint density at radius 2 is 1.89 bits per heavy atom. The smallest absolute Gasteiger partial charge is 0.304 e. The standard InChI is InChI=1S/C12H17NO4S/c1-13(9-7-12(14)15)18(16,17)10-8-11-5-3-2-4-6-11/h2-6H,7-10H2,1H3,(H,14,15). The van der Waals surface area contributed by atoms with Gasteiger partial charge in [-0.2, -0.15) is 0 Å². The van der Waals surface area contributed by atoms with Crippen molar-refractivity contribution in [3.63, 3.8) is 0 Å². The summed E-state index contributed by atoms with van der Waals surface area (Å²) >= 11 is 0. The predicted molar refractivity (Wildman–Crippen MR) is 68.8 cm³/mol. The number of aryl methyl sites for hydroxylation is 1. The van der Waals surface area contributed by atoms with Crippen molar-refractivity contribution >= 4 is 16.0 Å². The first-order valence-electron chi connectivity index (χ1n) is 5.61. The van der Waals surface area contributed by atoms with E-state index in [1.807, 2.05) is 30.3 Å². The number of benzene rings is 1. The Balaban J connectivity index is 2.51. The number of nitrogens with zero attached hydrogens (tertiary/aromatic N) is 1. The van der Waals surface area contributed by atoms with Crippen LogP contribution in [0.15, 0.2) is 30.3 Å². The predicted octanol–water partition coefficient (Wildman–Crippen LogP) is 0.965. The number of hydrogen-bond donors (Lipinski definition) is 1. The molecule has 1 N–H and O–H groups in total. The lowest BCUT2D eigenvalue weighted by atomic mass is 10.2. The average Bonchev–Trinajstić information content (AvgIpc) is 2.34. The van der Waals surface area contributed by atoms with Gasteiger partial charge in [0.15, 0.2) is 0 Å². The summed E-state index contributed by atoms with van der Waals surface area (Å²) in [5.74, 6) is -1.01. The SMILES string of the molecule is CN(CCC(=O)O)S(=O)(=O)CCc1ccccc1.